The highest BCUT2D eigenvalue weighted by molar-refractivity contribution is 7.99. The molecule has 0 spiro atoms. The molecular weight excluding hydrogens is 408 g/mol. The molecule has 0 aromatic rings. The summed E-state index contributed by atoms with van der Waals surface area (Å²) in [4.78, 5) is 14.9. The fourth-order valence-electron chi connectivity index (χ4n) is 4.13. The zero-order valence-electron chi connectivity index (χ0n) is 16.9. The van der Waals surface area contributed by atoms with E-state index in [1.807, 2.05) is 11.9 Å². The van der Waals surface area contributed by atoms with Crippen molar-refractivity contribution in [3.8, 4) is 0 Å². The molecule has 0 aromatic heterocycles. The van der Waals surface area contributed by atoms with Crippen molar-refractivity contribution >= 4 is 30.1 Å². The highest BCUT2D eigenvalue weighted by atomic mass is 35.5. The van der Waals surface area contributed by atoms with Gasteiger partial charge in [-0.3, -0.25) is 9.69 Å². The van der Waals surface area contributed by atoms with Crippen LogP contribution in [-0.4, -0.2) is 99.1 Å². The van der Waals surface area contributed by atoms with Crippen molar-refractivity contribution in [2.24, 2.45) is 5.92 Å². The molecule has 10 heteroatoms. The van der Waals surface area contributed by atoms with Crippen LogP contribution in [0.15, 0.2) is 0 Å². The topological polar surface area (TPSA) is 122 Å². The third-order valence-corrected chi connectivity index (χ3v) is 6.51. The Balaban J connectivity index is 0.00000392. The van der Waals surface area contributed by atoms with E-state index in [1.54, 1.807) is 6.26 Å². The Hall–Kier alpha value is -0.130. The largest absolute Gasteiger partial charge is 0.391 e. The second-order valence-corrected chi connectivity index (χ2v) is 8.73. The predicted molar refractivity (Wildman–Crippen MR) is 110 cm³/mol. The average molecular weight is 443 g/mol. The van der Waals surface area contributed by atoms with E-state index in [9.17, 15) is 25.2 Å². The molecule has 2 rings (SSSR count). The minimum atomic E-state index is -1.42. The third kappa shape index (κ3) is 5.72. The number of hydrogen-bond donors (Lipinski definition) is 5. The molecular formula is C18H35ClN2O6S. The Morgan fingerprint density at radius 1 is 1.29 bits per heavy atom. The summed E-state index contributed by atoms with van der Waals surface area (Å²) >= 11 is 1.20. The molecule has 0 aromatic carbocycles. The Kier molecular flexibility index (Phi) is 10.5. The molecule has 166 valence electrons. The van der Waals surface area contributed by atoms with Crippen molar-refractivity contribution < 1.29 is 30.0 Å². The number of likely N-dealkylation sites (tertiary alicyclic amines) is 1. The molecule has 5 N–H and O–H groups in total. The van der Waals surface area contributed by atoms with Crippen molar-refractivity contribution in [1.82, 2.24) is 10.2 Å². The summed E-state index contributed by atoms with van der Waals surface area (Å²) in [5.74, 6) is 0.245. The minimum Gasteiger partial charge on any atom is -0.391 e. The van der Waals surface area contributed by atoms with E-state index in [-0.39, 0.29) is 24.4 Å². The van der Waals surface area contributed by atoms with Crippen LogP contribution in [0.3, 0.4) is 0 Å². The summed E-state index contributed by atoms with van der Waals surface area (Å²) in [6.45, 7) is 4.48. The standard InChI is InChI=1S/C18H34N2O6S.ClH/c1-5-6-10-7-11(20(3)8-10)17(25)19-12(9(2)21)16-14(23)13(22)15(24)18(26-16)27-4;/h9-16,18,21-24H,5-8H2,1-4H3,(H,19,25);1H/t9-,10?,11?,12-,13-,14-,15+,16+,18-;/m1./s1. The van der Waals surface area contributed by atoms with Gasteiger partial charge in [0.05, 0.1) is 18.2 Å². The van der Waals surface area contributed by atoms with Crippen LogP contribution >= 0.6 is 24.2 Å². The number of nitrogens with one attached hydrogen (secondary N) is 1. The molecule has 0 radical (unpaired) electrons. The first-order valence-electron chi connectivity index (χ1n) is 9.62. The lowest BCUT2D eigenvalue weighted by atomic mass is 9.92. The van der Waals surface area contributed by atoms with Crippen LogP contribution in [-0.2, 0) is 9.53 Å². The minimum absolute atomic E-state index is 0. The molecule has 2 heterocycles. The Morgan fingerprint density at radius 3 is 2.46 bits per heavy atom. The quantitative estimate of drug-likeness (QED) is 0.360. The number of nitrogens with zero attached hydrogens (tertiary/aromatic N) is 1. The first-order valence-corrected chi connectivity index (χ1v) is 10.9. The maximum absolute atomic E-state index is 12.8. The normalized spacial score (nSPS) is 38.5. The van der Waals surface area contributed by atoms with Crippen LogP contribution in [0.4, 0.5) is 0 Å². The lowest BCUT2D eigenvalue weighted by Gasteiger charge is -2.44. The fourth-order valence-corrected chi connectivity index (χ4v) is 4.81. The van der Waals surface area contributed by atoms with Crippen LogP contribution in [0.25, 0.3) is 0 Å². The number of aliphatic hydroxyl groups is 4. The summed E-state index contributed by atoms with van der Waals surface area (Å²) in [6.07, 6.45) is -1.50. The van der Waals surface area contributed by atoms with Crippen molar-refractivity contribution in [3.63, 3.8) is 0 Å². The number of thioether (sulfide) groups is 1. The van der Waals surface area contributed by atoms with Crippen LogP contribution in [0.5, 0.6) is 0 Å². The molecule has 0 saturated carbocycles. The third-order valence-electron chi connectivity index (χ3n) is 5.66. The van der Waals surface area contributed by atoms with E-state index in [2.05, 4.69) is 12.2 Å². The number of ether oxygens (including phenoxy) is 1. The van der Waals surface area contributed by atoms with E-state index in [0.29, 0.717) is 5.92 Å². The van der Waals surface area contributed by atoms with Crippen LogP contribution in [0.2, 0.25) is 0 Å². The van der Waals surface area contributed by atoms with Gasteiger partial charge in [0.25, 0.3) is 0 Å². The van der Waals surface area contributed by atoms with E-state index >= 15 is 0 Å². The summed E-state index contributed by atoms with van der Waals surface area (Å²) in [7, 11) is 1.91. The van der Waals surface area contributed by atoms with Crippen molar-refractivity contribution in [2.45, 2.75) is 81.1 Å². The van der Waals surface area contributed by atoms with Gasteiger partial charge in [0, 0.05) is 6.54 Å². The second kappa shape index (κ2) is 11.3. The monoisotopic (exact) mass is 442 g/mol. The zero-order valence-corrected chi connectivity index (χ0v) is 18.5. The molecule has 9 atom stereocenters. The summed E-state index contributed by atoms with van der Waals surface area (Å²) < 4.78 is 5.72. The number of aliphatic hydroxyl groups excluding tert-OH is 4. The highest BCUT2D eigenvalue weighted by Crippen LogP contribution is 2.30. The number of hydrogen-bond acceptors (Lipinski definition) is 8. The summed E-state index contributed by atoms with van der Waals surface area (Å²) in [5, 5.41) is 43.5. The highest BCUT2D eigenvalue weighted by Gasteiger charge is 2.48. The Labute approximate surface area is 177 Å². The number of rotatable bonds is 7. The smallest absolute Gasteiger partial charge is 0.237 e. The molecule has 28 heavy (non-hydrogen) atoms. The van der Waals surface area contributed by atoms with Gasteiger partial charge < -0.3 is 30.5 Å². The molecule has 2 saturated heterocycles. The lowest BCUT2D eigenvalue weighted by molar-refractivity contribution is -0.211. The second-order valence-electron chi connectivity index (χ2n) is 7.80. The van der Waals surface area contributed by atoms with Gasteiger partial charge in [-0.05, 0) is 39.0 Å². The summed E-state index contributed by atoms with van der Waals surface area (Å²) in [5.41, 5.74) is -0.755. The molecule has 0 aliphatic carbocycles. The van der Waals surface area contributed by atoms with Gasteiger partial charge in [-0.2, -0.15) is 0 Å². The SMILES string of the molecule is CCCC1CC(C(=O)N[C@@H]([C@@H]2O[C@H](SC)[C@@H](O)[C@H](O)[C@H]2O)[C@@H](C)O)N(C)C1.Cl. The fraction of sp³-hybridized carbons (Fsp3) is 0.944. The predicted octanol–water partition coefficient (Wildman–Crippen LogP) is -0.435. The van der Waals surface area contributed by atoms with E-state index in [0.717, 1.165) is 25.8 Å². The van der Waals surface area contributed by atoms with Crippen LogP contribution in [0.1, 0.15) is 33.1 Å². The number of amides is 1. The number of carbonyl (C=O) groups is 1. The van der Waals surface area contributed by atoms with E-state index < -0.39 is 42.0 Å². The molecule has 2 aliphatic heterocycles. The van der Waals surface area contributed by atoms with Gasteiger partial charge in [0.15, 0.2) is 0 Å². The van der Waals surface area contributed by atoms with E-state index in [1.165, 1.54) is 18.7 Å². The van der Waals surface area contributed by atoms with Crippen molar-refractivity contribution in [2.75, 3.05) is 19.8 Å². The summed E-state index contributed by atoms with van der Waals surface area (Å²) in [6, 6.07) is -1.20. The van der Waals surface area contributed by atoms with Crippen LogP contribution < -0.4 is 5.32 Å². The average Bonchev–Trinajstić information content (AvgIpc) is 2.99. The van der Waals surface area contributed by atoms with Crippen molar-refractivity contribution in [3.05, 3.63) is 0 Å². The van der Waals surface area contributed by atoms with Gasteiger partial charge in [-0.1, -0.05) is 13.3 Å². The number of likely N-dealkylation sites (N-methyl/N-ethyl adjacent to an activating group) is 1. The molecule has 8 nitrogen and oxygen atoms in total. The molecule has 1 amide bonds. The molecule has 2 fully saturated rings. The van der Waals surface area contributed by atoms with Gasteiger partial charge in [-0.15, -0.1) is 24.2 Å². The van der Waals surface area contributed by atoms with Gasteiger partial charge >= 0.3 is 0 Å². The maximum Gasteiger partial charge on any atom is 0.237 e. The Morgan fingerprint density at radius 2 is 1.93 bits per heavy atom. The zero-order chi connectivity index (χ0) is 20.3. The molecule has 0 bridgehead atoms. The number of halogens is 1. The lowest BCUT2D eigenvalue weighted by Crippen LogP contribution is -2.65. The molecule has 2 aliphatic rings. The van der Waals surface area contributed by atoms with E-state index in [4.69, 9.17) is 4.74 Å². The first kappa shape index (κ1) is 25.9. The van der Waals surface area contributed by atoms with Crippen molar-refractivity contribution in [1.29, 1.82) is 0 Å². The van der Waals surface area contributed by atoms with Gasteiger partial charge in [0.1, 0.15) is 29.9 Å². The number of carbonyl (C=O) groups excluding carboxylic acids is 1. The van der Waals surface area contributed by atoms with Gasteiger partial charge in [0.2, 0.25) is 5.91 Å². The van der Waals surface area contributed by atoms with Gasteiger partial charge in [-0.25, -0.2) is 0 Å². The first-order chi connectivity index (χ1) is 12.7. The van der Waals surface area contributed by atoms with Crippen LogP contribution in [0, 0.1) is 5.92 Å². The Bertz CT molecular complexity index is 501. The maximum atomic E-state index is 12.8. The molecule has 2 unspecified atom stereocenters.